The second-order valence-electron chi connectivity index (χ2n) is 5.41. The van der Waals surface area contributed by atoms with Crippen molar-refractivity contribution in [1.29, 1.82) is 0 Å². The highest BCUT2D eigenvalue weighted by atomic mass is 16.5. The van der Waals surface area contributed by atoms with Crippen molar-refractivity contribution in [2.45, 2.75) is 38.3 Å². The average molecular weight is 249 g/mol. The second kappa shape index (κ2) is 5.24. The molecule has 0 bridgehead atoms. The van der Waals surface area contributed by atoms with Crippen LogP contribution in [0.3, 0.4) is 0 Å². The molecule has 1 unspecified atom stereocenters. The van der Waals surface area contributed by atoms with Crippen LogP contribution in [0.15, 0.2) is 18.3 Å². The lowest BCUT2D eigenvalue weighted by atomic mass is 9.94. The molecule has 1 fully saturated rings. The van der Waals surface area contributed by atoms with Gasteiger partial charge in [0.05, 0.1) is 23.2 Å². The summed E-state index contributed by atoms with van der Waals surface area (Å²) in [7, 11) is 1.79. The van der Waals surface area contributed by atoms with Crippen LogP contribution in [0, 0.1) is 0 Å². The third-order valence-corrected chi connectivity index (χ3v) is 3.75. The van der Waals surface area contributed by atoms with E-state index in [1.165, 1.54) is 0 Å². The number of rotatable bonds is 3. The van der Waals surface area contributed by atoms with Crippen molar-refractivity contribution < 1.29 is 4.74 Å². The molecule has 4 heteroatoms. The molecule has 100 valence electrons. The van der Waals surface area contributed by atoms with Crippen molar-refractivity contribution in [3.63, 3.8) is 0 Å². The van der Waals surface area contributed by atoms with Gasteiger partial charge in [0.25, 0.3) is 0 Å². The summed E-state index contributed by atoms with van der Waals surface area (Å²) >= 11 is 0. The van der Waals surface area contributed by atoms with Gasteiger partial charge in [0.1, 0.15) is 0 Å². The molecule has 1 aromatic rings. The fourth-order valence-corrected chi connectivity index (χ4v) is 2.45. The molecule has 2 rings (SSSR count). The van der Waals surface area contributed by atoms with Crippen LogP contribution >= 0.6 is 0 Å². The highest BCUT2D eigenvalue weighted by Crippen LogP contribution is 2.27. The van der Waals surface area contributed by atoms with E-state index in [2.05, 4.69) is 22.9 Å². The zero-order valence-corrected chi connectivity index (χ0v) is 11.5. The van der Waals surface area contributed by atoms with E-state index >= 15 is 0 Å². The molecule has 2 atom stereocenters. The smallest absolute Gasteiger partial charge is 0.0825 e. The van der Waals surface area contributed by atoms with E-state index in [0.29, 0.717) is 0 Å². The topological polar surface area (TPSA) is 51.4 Å². The molecule has 0 spiro atoms. The Kier molecular flexibility index (Phi) is 3.88. The number of pyridine rings is 1. The maximum absolute atomic E-state index is 5.81. The maximum atomic E-state index is 5.81. The summed E-state index contributed by atoms with van der Waals surface area (Å²) < 4.78 is 5.61. The molecule has 0 aromatic carbocycles. The summed E-state index contributed by atoms with van der Waals surface area (Å²) in [5, 5.41) is 0. The van der Waals surface area contributed by atoms with Crippen LogP contribution in [0.2, 0.25) is 0 Å². The van der Waals surface area contributed by atoms with Crippen molar-refractivity contribution in [1.82, 2.24) is 4.98 Å². The van der Waals surface area contributed by atoms with Gasteiger partial charge >= 0.3 is 0 Å². The lowest BCUT2D eigenvalue weighted by Gasteiger charge is -2.40. The summed E-state index contributed by atoms with van der Waals surface area (Å²) in [4.78, 5) is 6.76. The Hall–Kier alpha value is -1.13. The molecular formula is C14H23N3O. The van der Waals surface area contributed by atoms with Crippen molar-refractivity contribution >= 4 is 5.69 Å². The number of anilines is 1. The van der Waals surface area contributed by atoms with Gasteiger partial charge in [0, 0.05) is 26.2 Å². The number of hydrogen-bond acceptors (Lipinski definition) is 4. The van der Waals surface area contributed by atoms with E-state index in [9.17, 15) is 0 Å². The zero-order valence-electron chi connectivity index (χ0n) is 11.5. The summed E-state index contributed by atoms with van der Waals surface area (Å²) in [6.07, 6.45) is 4.19. The minimum absolute atomic E-state index is 0.00959. The van der Waals surface area contributed by atoms with E-state index in [0.717, 1.165) is 37.3 Å². The van der Waals surface area contributed by atoms with E-state index < -0.39 is 0 Å². The normalized spacial score (nSPS) is 26.1. The monoisotopic (exact) mass is 249 g/mol. The van der Waals surface area contributed by atoms with Crippen molar-refractivity contribution in [2.24, 2.45) is 5.73 Å². The van der Waals surface area contributed by atoms with Gasteiger partial charge in [-0.2, -0.15) is 0 Å². The van der Waals surface area contributed by atoms with Crippen LogP contribution in [0.1, 0.15) is 38.4 Å². The Balaban J connectivity index is 2.11. The molecule has 1 aromatic heterocycles. The number of ether oxygens (including phenoxy) is 1. The molecule has 0 radical (unpaired) electrons. The number of hydrogen-bond donors (Lipinski definition) is 1. The standard InChI is InChI=1S/C14H23N3O/c1-11(15)13-6-5-12(9-16-13)17-8-4-7-14(2,10-17)18-3/h5-6,9,11H,4,7-8,10,15H2,1-3H3/t11-,14?/m0/s1. The first-order chi connectivity index (χ1) is 8.54. The van der Waals surface area contributed by atoms with Crippen molar-refractivity contribution in [3.8, 4) is 0 Å². The molecule has 0 saturated carbocycles. The second-order valence-corrected chi connectivity index (χ2v) is 5.41. The van der Waals surface area contributed by atoms with Crippen molar-refractivity contribution in [2.75, 3.05) is 25.1 Å². The third kappa shape index (κ3) is 2.82. The Morgan fingerprint density at radius 1 is 1.50 bits per heavy atom. The minimum atomic E-state index is -0.0436. The van der Waals surface area contributed by atoms with Gasteiger partial charge in [0.15, 0.2) is 0 Å². The Morgan fingerprint density at radius 2 is 2.28 bits per heavy atom. The summed E-state index contributed by atoms with van der Waals surface area (Å²) in [6.45, 7) is 6.11. The summed E-state index contributed by atoms with van der Waals surface area (Å²) in [6, 6.07) is 4.11. The average Bonchev–Trinajstić information content (AvgIpc) is 2.39. The number of piperidine rings is 1. The van der Waals surface area contributed by atoms with Crippen LogP contribution in [-0.4, -0.2) is 30.8 Å². The molecule has 18 heavy (non-hydrogen) atoms. The van der Waals surface area contributed by atoms with E-state index in [1.54, 1.807) is 7.11 Å². The predicted octanol–water partition coefficient (Wildman–Crippen LogP) is 2.11. The van der Waals surface area contributed by atoms with Crippen LogP contribution < -0.4 is 10.6 Å². The quantitative estimate of drug-likeness (QED) is 0.891. The highest BCUT2D eigenvalue weighted by molar-refractivity contribution is 5.45. The molecule has 1 aliphatic heterocycles. The van der Waals surface area contributed by atoms with E-state index in [-0.39, 0.29) is 11.6 Å². The predicted molar refractivity (Wildman–Crippen MR) is 73.7 cm³/mol. The summed E-state index contributed by atoms with van der Waals surface area (Å²) in [5.74, 6) is 0. The molecule has 2 N–H and O–H groups in total. The molecule has 1 saturated heterocycles. The van der Waals surface area contributed by atoms with Gasteiger partial charge in [-0.25, -0.2) is 0 Å². The molecule has 1 aliphatic rings. The van der Waals surface area contributed by atoms with Crippen LogP contribution in [0.25, 0.3) is 0 Å². The fourth-order valence-electron chi connectivity index (χ4n) is 2.45. The molecule has 0 amide bonds. The maximum Gasteiger partial charge on any atom is 0.0825 e. The summed E-state index contributed by atoms with van der Waals surface area (Å²) in [5.41, 5.74) is 7.86. The van der Waals surface area contributed by atoms with Crippen LogP contribution in [0.4, 0.5) is 5.69 Å². The SMILES string of the molecule is COC1(C)CCCN(c2ccc([C@H](C)N)nc2)C1. The third-order valence-electron chi connectivity index (χ3n) is 3.75. The number of aromatic nitrogens is 1. The Labute approximate surface area is 109 Å². The first-order valence-corrected chi connectivity index (χ1v) is 6.56. The van der Waals surface area contributed by atoms with Crippen LogP contribution in [-0.2, 0) is 4.74 Å². The Bertz CT molecular complexity index is 391. The number of nitrogens with zero attached hydrogens (tertiary/aromatic N) is 2. The van der Waals surface area contributed by atoms with Crippen molar-refractivity contribution in [3.05, 3.63) is 24.0 Å². The van der Waals surface area contributed by atoms with E-state index in [1.807, 2.05) is 19.2 Å². The lowest BCUT2D eigenvalue weighted by molar-refractivity contribution is -0.00466. The number of methoxy groups -OCH3 is 1. The van der Waals surface area contributed by atoms with Gasteiger partial charge in [-0.15, -0.1) is 0 Å². The van der Waals surface area contributed by atoms with Gasteiger partial charge in [-0.1, -0.05) is 0 Å². The molecule has 4 nitrogen and oxygen atoms in total. The number of nitrogens with two attached hydrogens (primary N) is 1. The largest absolute Gasteiger partial charge is 0.377 e. The van der Waals surface area contributed by atoms with E-state index in [4.69, 9.17) is 10.5 Å². The Morgan fingerprint density at radius 3 is 2.83 bits per heavy atom. The van der Waals surface area contributed by atoms with Gasteiger partial charge in [0.2, 0.25) is 0 Å². The van der Waals surface area contributed by atoms with Crippen LogP contribution in [0.5, 0.6) is 0 Å². The fraction of sp³-hybridized carbons (Fsp3) is 0.643. The first-order valence-electron chi connectivity index (χ1n) is 6.56. The highest BCUT2D eigenvalue weighted by Gasteiger charge is 2.30. The van der Waals surface area contributed by atoms with Gasteiger partial charge in [-0.05, 0) is 38.8 Å². The molecule has 2 heterocycles. The van der Waals surface area contributed by atoms with Gasteiger partial charge < -0.3 is 15.4 Å². The minimum Gasteiger partial charge on any atom is -0.377 e. The zero-order chi connectivity index (χ0) is 13.2. The first kappa shape index (κ1) is 13.3. The molecule has 0 aliphatic carbocycles. The van der Waals surface area contributed by atoms with Gasteiger partial charge in [-0.3, -0.25) is 4.98 Å². The lowest BCUT2D eigenvalue weighted by Crippen LogP contribution is -2.47. The molecular weight excluding hydrogens is 226 g/mol.